The number of fused-ring (bicyclic) bond motifs is 3. The van der Waals surface area contributed by atoms with Gasteiger partial charge in [0.05, 0.1) is 35.2 Å². The Labute approximate surface area is 256 Å². The van der Waals surface area contributed by atoms with Crippen LogP contribution in [0.5, 0.6) is 5.75 Å². The Bertz CT molecular complexity index is 1690. The minimum Gasteiger partial charge on any atom is -0.507 e. The molecule has 0 spiro atoms. The molecule has 0 aromatic heterocycles. The Balaban J connectivity index is 1.28. The lowest BCUT2D eigenvalue weighted by Gasteiger charge is -2.31. The highest BCUT2D eigenvalue weighted by atomic mass is 16.6. The van der Waals surface area contributed by atoms with E-state index in [0.29, 0.717) is 18.8 Å². The van der Waals surface area contributed by atoms with E-state index in [1.807, 2.05) is 44.2 Å². The van der Waals surface area contributed by atoms with Crippen LogP contribution in [0.3, 0.4) is 0 Å². The maximum Gasteiger partial charge on any atom is 0.271 e. The molecular weight excluding hydrogens is 556 g/mol. The molecule has 2 saturated heterocycles. The molecule has 2 heterocycles. The molecule has 3 aliphatic rings. The molecule has 2 fully saturated rings. The highest BCUT2D eigenvalue weighted by Crippen LogP contribution is 2.51. The SMILES string of the molecule is CCC1=C2[C@@H](CC/C(=C/c3cc(C)c(O)c(C)c3)c3ccccc3)OC[C@@H]2[C@@H]2C(=O)N(c3cccc([N+](=O)[O-])c3)C(=O)[C@@H]2C1. The molecule has 1 aliphatic carbocycles. The summed E-state index contributed by atoms with van der Waals surface area (Å²) in [5.41, 5.74) is 7.36. The quantitative estimate of drug-likeness (QED) is 0.0976. The van der Waals surface area contributed by atoms with E-state index >= 15 is 0 Å². The smallest absolute Gasteiger partial charge is 0.271 e. The van der Waals surface area contributed by atoms with Gasteiger partial charge in [-0.25, -0.2) is 4.90 Å². The summed E-state index contributed by atoms with van der Waals surface area (Å²) in [6.45, 7) is 6.25. The molecular formula is C36H36N2O6. The van der Waals surface area contributed by atoms with Crippen LogP contribution in [0.4, 0.5) is 11.4 Å². The number of carbonyl (C=O) groups excluding carboxylic acids is 2. The van der Waals surface area contributed by atoms with Gasteiger partial charge in [-0.2, -0.15) is 0 Å². The minimum absolute atomic E-state index is 0.157. The number of rotatable bonds is 8. The van der Waals surface area contributed by atoms with Gasteiger partial charge in [-0.05, 0) is 91.1 Å². The average Bonchev–Trinajstić information content (AvgIpc) is 3.55. The van der Waals surface area contributed by atoms with Gasteiger partial charge in [-0.15, -0.1) is 0 Å². The van der Waals surface area contributed by atoms with Gasteiger partial charge in [0.25, 0.3) is 5.69 Å². The summed E-state index contributed by atoms with van der Waals surface area (Å²) in [4.78, 5) is 39.5. The van der Waals surface area contributed by atoms with Gasteiger partial charge < -0.3 is 9.84 Å². The number of carbonyl (C=O) groups is 2. The van der Waals surface area contributed by atoms with Gasteiger partial charge in [0.2, 0.25) is 11.8 Å². The number of phenolic OH excluding ortho intramolecular Hbond substituents is 1. The highest BCUT2D eigenvalue weighted by Gasteiger charge is 2.57. The van der Waals surface area contributed by atoms with E-state index in [0.717, 1.165) is 57.6 Å². The van der Waals surface area contributed by atoms with Crippen molar-refractivity contribution in [1.29, 1.82) is 0 Å². The Morgan fingerprint density at radius 3 is 2.43 bits per heavy atom. The standard InChI is InChI=1S/C36H36N2O6/c1-4-24-18-29-33(36(41)37(35(29)40)27-11-8-12-28(19-27)38(42)43)30-20-44-31(32(24)30)14-13-26(25-9-6-5-7-10-25)17-23-15-21(2)34(39)22(3)16-23/h5-12,15-17,19,29-31,33,39H,4,13-14,18,20H2,1-3H3/b26-17-/t29-,30+,31-,33-/m1/s1. The number of phenols is 1. The number of amides is 2. The number of imide groups is 1. The molecule has 226 valence electrons. The lowest BCUT2D eigenvalue weighted by molar-refractivity contribution is -0.384. The summed E-state index contributed by atoms with van der Waals surface area (Å²) in [7, 11) is 0. The van der Waals surface area contributed by atoms with Crippen molar-refractivity contribution in [3.63, 3.8) is 0 Å². The molecule has 8 nitrogen and oxygen atoms in total. The summed E-state index contributed by atoms with van der Waals surface area (Å²) < 4.78 is 6.42. The van der Waals surface area contributed by atoms with Crippen LogP contribution in [0.25, 0.3) is 11.6 Å². The van der Waals surface area contributed by atoms with Crippen molar-refractivity contribution in [1.82, 2.24) is 0 Å². The second-order valence-electron chi connectivity index (χ2n) is 12.0. The maximum absolute atomic E-state index is 13.8. The zero-order chi connectivity index (χ0) is 31.1. The molecule has 0 saturated carbocycles. The number of hydrogen-bond donors (Lipinski definition) is 1. The third-order valence-electron chi connectivity index (χ3n) is 9.41. The summed E-state index contributed by atoms with van der Waals surface area (Å²) in [6.07, 6.45) is 4.73. The molecule has 2 aliphatic heterocycles. The van der Waals surface area contributed by atoms with Gasteiger partial charge in [0, 0.05) is 18.1 Å². The van der Waals surface area contributed by atoms with Crippen molar-refractivity contribution >= 4 is 34.8 Å². The molecule has 0 bridgehead atoms. The summed E-state index contributed by atoms with van der Waals surface area (Å²) in [6, 6.07) is 19.9. The van der Waals surface area contributed by atoms with Crippen LogP contribution in [0.15, 0.2) is 77.9 Å². The first kappa shape index (κ1) is 29.5. The van der Waals surface area contributed by atoms with Crippen LogP contribution in [0, 0.1) is 41.7 Å². The van der Waals surface area contributed by atoms with Gasteiger partial charge >= 0.3 is 0 Å². The predicted molar refractivity (Wildman–Crippen MR) is 169 cm³/mol. The van der Waals surface area contributed by atoms with E-state index in [1.165, 1.54) is 23.8 Å². The summed E-state index contributed by atoms with van der Waals surface area (Å²) in [5.74, 6) is -1.50. The number of aryl methyl sites for hydroxylation is 2. The number of nitro benzene ring substituents is 1. The second kappa shape index (κ2) is 11.8. The molecule has 2 amide bonds. The van der Waals surface area contributed by atoms with E-state index in [-0.39, 0.29) is 35.2 Å². The van der Waals surface area contributed by atoms with Crippen molar-refractivity contribution in [2.75, 3.05) is 11.5 Å². The van der Waals surface area contributed by atoms with Crippen molar-refractivity contribution in [2.24, 2.45) is 17.8 Å². The number of non-ortho nitro benzene ring substituents is 1. The van der Waals surface area contributed by atoms with Gasteiger partial charge in [0.1, 0.15) is 5.75 Å². The molecule has 0 unspecified atom stereocenters. The molecule has 3 aromatic carbocycles. The third kappa shape index (κ3) is 5.24. The van der Waals surface area contributed by atoms with E-state index in [2.05, 4.69) is 25.1 Å². The topological polar surface area (TPSA) is 110 Å². The van der Waals surface area contributed by atoms with Crippen molar-refractivity contribution < 1.29 is 24.4 Å². The Hall–Kier alpha value is -4.56. The first-order valence-corrected chi connectivity index (χ1v) is 15.2. The van der Waals surface area contributed by atoms with Gasteiger partial charge in [0.15, 0.2) is 0 Å². The Morgan fingerprint density at radius 1 is 1.02 bits per heavy atom. The summed E-state index contributed by atoms with van der Waals surface area (Å²) in [5, 5.41) is 21.7. The fourth-order valence-corrected chi connectivity index (χ4v) is 7.32. The number of allylic oxidation sites excluding steroid dienone is 2. The Kier molecular flexibility index (Phi) is 7.95. The number of hydrogen-bond acceptors (Lipinski definition) is 6. The van der Waals surface area contributed by atoms with Crippen LogP contribution < -0.4 is 4.90 Å². The van der Waals surface area contributed by atoms with Crippen LogP contribution in [0.1, 0.15) is 54.9 Å². The third-order valence-corrected chi connectivity index (χ3v) is 9.41. The maximum atomic E-state index is 13.8. The van der Waals surface area contributed by atoms with Crippen molar-refractivity contribution in [3.8, 4) is 5.75 Å². The second-order valence-corrected chi connectivity index (χ2v) is 12.0. The zero-order valence-corrected chi connectivity index (χ0v) is 25.2. The largest absolute Gasteiger partial charge is 0.507 e. The molecule has 4 atom stereocenters. The first-order chi connectivity index (χ1) is 21.2. The lowest BCUT2D eigenvalue weighted by Crippen LogP contribution is -2.34. The molecule has 44 heavy (non-hydrogen) atoms. The monoisotopic (exact) mass is 592 g/mol. The van der Waals surface area contributed by atoms with Crippen LogP contribution >= 0.6 is 0 Å². The van der Waals surface area contributed by atoms with E-state index in [9.17, 15) is 24.8 Å². The number of aromatic hydroxyl groups is 1. The average molecular weight is 593 g/mol. The van der Waals surface area contributed by atoms with E-state index in [4.69, 9.17) is 4.74 Å². The minimum atomic E-state index is -0.538. The number of benzene rings is 3. The van der Waals surface area contributed by atoms with Crippen molar-refractivity contribution in [3.05, 3.63) is 110 Å². The molecule has 6 rings (SSSR count). The number of nitrogens with zero attached hydrogens (tertiary/aromatic N) is 2. The van der Waals surface area contributed by atoms with E-state index in [1.54, 1.807) is 6.07 Å². The normalized spacial score (nSPS) is 23.2. The van der Waals surface area contributed by atoms with Crippen molar-refractivity contribution in [2.45, 2.75) is 52.6 Å². The van der Waals surface area contributed by atoms with E-state index < -0.39 is 16.8 Å². The fourth-order valence-electron chi connectivity index (χ4n) is 7.32. The molecule has 0 radical (unpaired) electrons. The molecule has 1 N–H and O–H groups in total. The van der Waals surface area contributed by atoms with Crippen LogP contribution in [-0.2, 0) is 14.3 Å². The Morgan fingerprint density at radius 2 is 1.75 bits per heavy atom. The zero-order valence-electron chi connectivity index (χ0n) is 25.2. The number of nitro groups is 1. The van der Waals surface area contributed by atoms with Crippen LogP contribution in [0.2, 0.25) is 0 Å². The van der Waals surface area contributed by atoms with Crippen LogP contribution in [-0.4, -0.2) is 34.6 Å². The fraction of sp³-hybridized carbons (Fsp3) is 0.333. The molecule has 8 heteroatoms. The lowest BCUT2D eigenvalue weighted by atomic mass is 9.69. The molecule has 3 aromatic rings. The summed E-state index contributed by atoms with van der Waals surface area (Å²) >= 11 is 0. The van der Waals surface area contributed by atoms with Gasteiger partial charge in [-0.3, -0.25) is 19.7 Å². The van der Waals surface area contributed by atoms with Gasteiger partial charge in [-0.1, -0.05) is 55.0 Å². The number of anilines is 1. The first-order valence-electron chi connectivity index (χ1n) is 15.2. The highest BCUT2D eigenvalue weighted by molar-refractivity contribution is 6.22. The number of ether oxygens (including phenoxy) is 1. The predicted octanol–water partition coefficient (Wildman–Crippen LogP) is 7.17.